The molecule has 0 saturated carbocycles. The van der Waals surface area contributed by atoms with E-state index >= 15 is 0 Å². The van der Waals surface area contributed by atoms with Crippen LogP contribution in [-0.2, 0) is 4.57 Å². The van der Waals surface area contributed by atoms with Gasteiger partial charge in [-0.1, -0.05) is 72.8 Å². The molecule has 4 aromatic rings. The van der Waals surface area contributed by atoms with Crippen molar-refractivity contribution in [1.82, 2.24) is 0 Å². The molecule has 0 fully saturated rings. The van der Waals surface area contributed by atoms with Crippen LogP contribution in [0.3, 0.4) is 0 Å². The number of benzene rings is 3. The third-order valence-electron chi connectivity index (χ3n) is 5.79. The quantitative estimate of drug-likeness (QED) is 0.130. The standard InChI is InChI=1S/C30H25F3NO4P/c1-22(25-8-3-2-4-9-25)21-24-14-18-27(19-15-24)34(29-11-6-20-38-29)26-16-12-23(13-17-26)7-5-10-28(30(31,32)33)39(35,36)37/h2-21H,1H3,(H2,35,36,37). The monoisotopic (exact) mass is 551 g/mol. The minimum absolute atomic E-state index is 0.388. The summed E-state index contributed by atoms with van der Waals surface area (Å²) >= 11 is 0. The predicted molar refractivity (Wildman–Crippen MR) is 149 cm³/mol. The van der Waals surface area contributed by atoms with Crippen LogP contribution in [-0.4, -0.2) is 16.0 Å². The van der Waals surface area contributed by atoms with Gasteiger partial charge >= 0.3 is 13.8 Å². The molecule has 0 spiro atoms. The summed E-state index contributed by atoms with van der Waals surface area (Å²) in [5.74, 6) is 0.571. The van der Waals surface area contributed by atoms with Crippen molar-refractivity contribution in [2.45, 2.75) is 13.1 Å². The summed E-state index contributed by atoms with van der Waals surface area (Å²) in [4.78, 5) is 19.9. The van der Waals surface area contributed by atoms with Crippen LogP contribution < -0.4 is 4.90 Å². The van der Waals surface area contributed by atoms with Crippen molar-refractivity contribution in [3.63, 3.8) is 0 Å². The van der Waals surface area contributed by atoms with Gasteiger partial charge in [0, 0.05) is 17.4 Å². The van der Waals surface area contributed by atoms with E-state index in [4.69, 9.17) is 14.2 Å². The Balaban J connectivity index is 1.59. The summed E-state index contributed by atoms with van der Waals surface area (Å²) in [7, 11) is -5.46. The first-order valence-corrected chi connectivity index (χ1v) is 13.4. The van der Waals surface area contributed by atoms with Gasteiger partial charge in [0.25, 0.3) is 0 Å². The second-order valence-corrected chi connectivity index (χ2v) is 10.2. The summed E-state index contributed by atoms with van der Waals surface area (Å²) in [6.07, 6.45) is 1.21. The molecule has 0 aliphatic carbocycles. The highest BCUT2D eigenvalue weighted by atomic mass is 31.2. The number of hydrogen-bond donors (Lipinski definition) is 2. The zero-order valence-electron chi connectivity index (χ0n) is 20.8. The smallest absolute Gasteiger partial charge is 0.424 e. The van der Waals surface area contributed by atoms with Crippen LogP contribution in [0.5, 0.6) is 0 Å². The third-order valence-corrected chi connectivity index (χ3v) is 6.82. The zero-order chi connectivity index (χ0) is 28.0. The van der Waals surface area contributed by atoms with Crippen molar-refractivity contribution in [1.29, 1.82) is 0 Å². The molecule has 0 saturated heterocycles. The number of allylic oxidation sites excluding steroid dienone is 4. The Labute approximate surface area is 224 Å². The van der Waals surface area contributed by atoms with Gasteiger partial charge in [0.1, 0.15) is 5.31 Å². The normalized spacial score (nSPS) is 13.2. The second kappa shape index (κ2) is 11.7. The molecule has 39 heavy (non-hydrogen) atoms. The summed E-state index contributed by atoms with van der Waals surface area (Å²) in [5, 5.41) is -1.90. The van der Waals surface area contributed by atoms with E-state index < -0.39 is 19.1 Å². The van der Waals surface area contributed by atoms with E-state index in [-0.39, 0.29) is 0 Å². The number of anilines is 3. The molecule has 0 unspecified atom stereocenters. The van der Waals surface area contributed by atoms with Crippen LogP contribution in [0.25, 0.3) is 17.7 Å². The van der Waals surface area contributed by atoms with Crippen molar-refractivity contribution in [3.05, 3.63) is 131 Å². The molecule has 1 aromatic heterocycles. The lowest BCUT2D eigenvalue weighted by Gasteiger charge is -2.22. The van der Waals surface area contributed by atoms with Gasteiger partial charge < -0.3 is 14.2 Å². The minimum atomic E-state index is -5.46. The maximum atomic E-state index is 12.9. The van der Waals surface area contributed by atoms with Crippen molar-refractivity contribution in [2.75, 3.05) is 4.90 Å². The molecular formula is C30H25F3NO4P. The van der Waals surface area contributed by atoms with E-state index in [0.29, 0.717) is 17.5 Å². The Kier molecular flexibility index (Phi) is 8.41. The van der Waals surface area contributed by atoms with Crippen LogP contribution in [0.15, 0.2) is 119 Å². The van der Waals surface area contributed by atoms with E-state index in [0.717, 1.165) is 34.2 Å². The number of furan rings is 1. The van der Waals surface area contributed by atoms with E-state index in [1.165, 1.54) is 6.08 Å². The van der Waals surface area contributed by atoms with Crippen LogP contribution in [0, 0.1) is 0 Å². The summed E-state index contributed by atoms with van der Waals surface area (Å²) < 4.78 is 55.6. The molecule has 0 aliphatic rings. The average Bonchev–Trinajstić information content (AvgIpc) is 3.42. The molecule has 3 aromatic carbocycles. The fourth-order valence-corrected chi connectivity index (χ4v) is 4.51. The molecule has 200 valence electrons. The lowest BCUT2D eigenvalue weighted by Crippen LogP contribution is -2.11. The fraction of sp³-hybridized carbons (Fsp3) is 0.0667. The van der Waals surface area contributed by atoms with Gasteiger partial charge in [-0.15, -0.1) is 0 Å². The molecule has 1 heterocycles. The van der Waals surface area contributed by atoms with Gasteiger partial charge in [0.05, 0.1) is 6.26 Å². The molecule has 5 nitrogen and oxygen atoms in total. The van der Waals surface area contributed by atoms with Crippen LogP contribution in [0.4, 0.5) is 30.4 Å². The number of hydrogen-bond acceptors (Lipinski definition) is 3. The summed E-state index contributed by atoms with van der Waals surface area (Å²) in [5.41, 5.74) is 5.42. The largest absolute Gasteiger partial charge is 0.448 e. The first kappa shape index (κ1) is 27.9. The van der Waals surface area contributed by atoms with Crippen molar-refractivity contribution < 1.29 is 31.9 Å². The first-order chi connectivity index (χ1) is 18.5. The Bertz CT molecular complexity index is 1520. The van der Waals surface area contributed by atoms with Crippen LogP contribution in [0.1, 0.15) is 23.6 Å². The number of halogens is 3. The van der Waals surface area contributed by atoms with E-state index in [2.05, 4.69) is 25.1 Å². The number of alkyl halides is 3. The average molecular weight is 552 g/mol. The molecule has 9 heteroatoms. The molecule has 4 rings (SSSR count). The second-order valence-electron chi connectivity index (χ2n) is 8.62. The predicted octanol–water partition coefficient (Wildman–Crippen LogP) is 8.95. The molecule has 0 atom stereocenters. The Hall–Kier alpha value is -4.10. The SMILES string of the molecule is CC(=Cc1ccc(N(c2ccc(C=CC=C(C(F)(F)F)P(=O)(O)O)cc2)c2ccco2)cc1)c1ccccc1. The van der Waals surface area contributed by atoms with Crippen LogP contribution >= 0.6 is 7.60 Å². The summed E-state index contributed by atoms with van der Waals surface area (Å²) in [6.45, 7) is 2.06. The number of nitrogens with zero attached hydrogens (tertiary/aromatic N) is 1. The van der Waals surface area contributed by atoms with Gasteiger partial charge in [-0.25, -0.2) is 0 Å². The zero-order valence-corrected chi connectivity index (χ0v) is 21.7. The number of rotatable bonds is 8. The van der Waals surface area contributed by atoms with Gasteiger partial charge in [0.15, 0.2) is 0 Å². The Morgan fingerprint density at radius 2 is 1.44 bits per heavy atom. The van der Waals surface area contributed by atoms with Gasteiger partial charge in [0.2, 0.25) is 5.88 Å². The van der Waals surface area contributed by atoms with Gasteiger partial charge in [-0.2, -0.15) is 13.2 Å². The molecule has 0 aliphatic heterocycles. The van der Waals surface area contributed by atoms with Crippen molar-refractivity contribution in [3.8, 4) is 0 Å². The van der Waals surface area contributed by atoms with Crippen molar-refractivity contribution in [2.24, 2.45) is 0 Å². The summed E-state index contributed by atoms with van der Waals surface area (Å²) in [6, 6.07) is 28.5. The highest BCUT2D eigenvalue weighted by Gasteiger charge is 2.44. The van der Waals surface area contributed by atoms with E-state index in [1.54, 1.807) is 36.6 Å². The topological polar surface area (TPSA) is 73.9 Å². The Morgan fingerprint density at radius 3 is 1.95 bits per heavy atom. The van der Waals surface area contributed by atoms with E-state index in [1.807, 2.05) is 53.4 Å². The molecule has 0 amide bonds. The van der Waals surface area contributed by atoms with Crippen LogP contribution in [0.2, 0.25) is 0 Å². The molecule has 0 radical (unpaired) electrons. The maximum absolute atomic E-state index is 12.9. The minimum Gasteiger partial charge on any atom is -0.448 e. The highest BCUT2D eigenvalue weighted by molar-refractivity contribution is 7.56. The van der Waals surface area contributed by atoms with E-state index in [9.17, 15) is 17.7 Å². The lowest BCUT2D eigenvalue weighted by atomic mass is 10.0. The fourth-order valence-electron chi connectivity index (χ4n) is 3.90. The first-order valence-electron chi connectivity index (χ1n) is 11.8. The van der Waals surface area contributed by atoms with Gasteiger partial charge in [-0.05, 0) is 65.6 Å². The highest BCUT2D eigenvalue weighted by Crippen LogP contribution is 2.52. The molecule has 0 bridgehead atoms. The maximum Gasteiger partial charge on any atom is 0.424 e. The Morgan fingerprint density at radius 1 is 0.846 bits per heavy atom. The third kappa shape index (κ3) is 7.27. The lowest BCUT2D eigenvalue weighted by molar-refractivity contribution is -0.0863. The molecular weight excluding hydrogens is 526 g/mol. The van der Waals surface area contributed by atoms with Gasteiger partial charge in [-0.3, -0.25) is 9.46 Å². The van der Waals surface area contributed by atoms with Crippen molar-refractivity contribution >= 4 is 42.6 Å². The molecule has 2 N–H and O–H groups in total.